The van der Waals surface area contributed by atoms with Crippen molar-refractivity contribution in [3.63, 3.8) is 0 Å². The molecule has 2 aromatic heterocycles. The Bertz CT molecular complexity index is 1140. The zero-order valence-corrected chi connectivity index (χ0v) is 17.6. The average molecular weight is 410 g/mol. The number of H-pyrrole nitrogens is 1. The number of nitrogens with one attached hydrogen (secondary N) is 1. The summed E-state index contributed by atoms with van der Waals surface area (Å²) in [6, 6.07) is 14.0. The Hall–Kier alpha value is -2.92. The lowest BCUT2D eigenvalue weighted by atomic mass is 10.1. The number of halogens is 1. The highest BCUT2D eigenvalue weighted by Crippen LogP contribution is 2.41. The van der Waals surface area contributed by atoms with Crippen molar-refractivity contribution < 1.29 is 9.47 Å². The van der Waals surface area contributed by atoms with Crippen molar-refractivity contribution in [3.05, 3.63) is 59.2 Å². The molecule has 0 radical (unpaired) electrons. The molecule has 0 atom stereocenters. The number of rotatable bonds is 7. The Morgan fingerprint density at radius 1 is 1.07 bits per heavy atom. The van der Waals surface area contributed by atoms with Crippen molar-refractivity contribution in [1.82, 2.24) is 9.97 Å². The molecule has 0 spiro atoms. The van der Waals surface area contributed by atoms with Gasteiger partial charge in [-0.3, -0.25) is 0 Å². The fourth-order valence-electron chi connectivity index (χ4n) is 3.63. The summed E-state index contributed by atoms with van der Waals surface area (Å²) in [5.74, 6) is 2.28. The van der Waals surface area contributed by atoms with Gasteiger partial charge in [0.15, 0.2) is 11.5 Å². The minimum absolute atomic E-state index is 0.468. The number of benzene rings is 2. The number of nitrogens with zero attached hydrogens (tertiary/aromatic N) is 2. The number of hydrogen-bond acceptors (Lipinski definition) is 4. The van der Waals surface area contributed by atoms with E-state index in [2.05, 4.69) is 28.7 Å². The molecule has 0 bridgehead atoms. The smallest absolute Gasteiger partial charge is 0.163 e. The quantitative estimate of drug-likeness (QED) is 0.419. The molecule has 0 unspecified atom stereocenters. The fourth-order valence-corrected chi connectivity index (χ4v) is 3.82. The van der Waals surface area contributed by atoms with Crippen LogP contribution in [-0.2, 0) is 6.61 Å². The van der Waals surface area contributed by atoms with Crippen LogP contribution in [0.4, 0.5) is 5.82 Å². The van der Waals surface area contributed by atoms with Crippen LogP contribution >= 0.6 is 11.6 Å². The van der Waals surface area contributed by atoms with Gasteiger partial charge in [0.25, 0.3) is 0 Å². The molecule has 0 aliphatic rings. The number of ether oxygens (including phenoxy) is 2. The normalized spacial score (nSPS) is 11.2. The molecule has 4 rings (SSSR count). The summed E-state index contributed by atoms with van der Waals surface area (Å²) in [4.78, 5) is 10.3. The third kappa shape index (κ3) is 3.58. The molecular formula is C23H24ClN3O2. The second-order valence-electron chi connectivity index (χ2n) is 6.80. The molecule has 2 heterocycles. The minimum Gasteiger partial charge on any atom is -0.493 e. The summed E-state index contributed by atoms with van der Waals surface area (Å²) in [6.45, 7) is 6.44. The van der Waals surface area contributed by atoms with Gasteiger partial charge in [-0.1, -0.05) is 41.9 Å². The second-order valence-corrected chi connectivity index (χ2v) is 7.21. The van der Waals surface area contributed by atoms with Crippen LogP contribution in [0.3, 0.4) is 0 Å². The molecule has 5 nitrogen and oxygen atoms in total. The molecule has 4 aromatic rings. The first-order chi connectivity index (χ1) is 14.2. The SMILES string of the molecule is CCN(CC)c1ncc(Cl)c2[nH]c3cc(OCc4ccccc4)c(OC)cc3c12. The Labute approximate surface area is 175 Å². The highest BCUT2D eigenvalue weighted by Gasteiger charge is 2.19. The number of hydrogen-bond donors (Lipinski definition) is 1. The number of methoxy groups -OCH3 is 1. The van der Waals surface area contributed by atoms with Gasteiger partial charge in [0, 0.05) is 24.5 Å². The lowest BCUT2D eigenvalue weighted by molar-refractivity contribution is 0.285. The van der Waals surface area contributed by atoms with Crippen molar-refractivity contribution >= 4 is 39.2 Å². The third-order valence-electron chi connectivity index (χ3n) is 5.15. The van der Waals surface area contributed by atoms with Gasteiger partial charge in [-0.25, -0.2) is 4.98 Å². The Kier molecular flexibility index (Phi) is 5.49. The van der Waals surface area contributed by atoms with Crippen LogP contribution in [0.15, 0.2) is 48.7 Å². The standard InChI is InChI=1S/C23H24ClN3O2/c1-4-27(5-2)23-21-16-11-19(28-3)20(29-14-15-9-7-6-8-10-15)12-18(16)26-22(21)17(24)13-25-23/h6-13,26H,4-5,14H2,1-3H3. The highest BCUT2D eigenvalue weighted by atomic mass is 35.5. The van der Waals surface area contributed by atoms with Crippen LogP contribution in [0.5, 0.6) is 11.5 Å². The molecule has 0 fully saturated rings. The third-order valence-corrected chi connectivity index (χ3v) is 5.43. The Balaban J connectivity index is 1.84. The van der Waals surface area contributed by atoms with E-state index < -0.39 is 0 Å². The van der Waals surface area contributed by atoms with Crippen molar-refractivity contribution in [2.75, 3.05) is 25.1 Å². The van der Waals surface area contributed by atoms with Crippen molar-refractivity contribution in [2.45, 2.75) is 20.5 Å². The molecule has 0 aliphatic heterocycles. The lowest BCUT2D eigenvalue weighted by Gasteiger charge is -2.21. The zero-order valence-electron chi connectivity index (χ0n) is 16.8. The molecule has 0 amide bonds. The Morgan fingerprint density at radius 2 is 1.83 bits per heavy atom. The number of anilines is 1. The molecule has 0 saturated heterocycles. The zero-order chi connectivity index (χ0) is 20.4. The van der Waals surface area contributed by atoms with Gasteiger partial charge < -0.3 is 19.4 Å². The fraction of sp³-hybridized carbons (Fsp3) is 0.261. The van der Waals surface area contributed by atoms with E-state index in [4.69, 9.17) is 21.1 Å². The van der Waals surface area contributed by atoms with Gasteiger partial charge >= 0.3 is 0 Å². The van der Waals surface area contributed by atoms with Crippen molar-refractivity contribution in [2.24, 2.45) is 0 Å². The van der Waals surface area contributed by atoms with E-state index in [0.717, 1.165) is 46.3 Å². The number of aromatic amines is 1. The maximum absolute atomic E-state index is 6.47. The lowest BCUT2D eigenvalue weighted by Crippen LogP contribution is -2.23. The first-order valence-electron chi connectivity index (χ1n) is 9.75. The largest absolute Gasteiger partial charge is 0.493 e. The van der Waals surface area contributed by atoms with E-state index >= 15 is 0 Å². The van der Waals surface area contributed by atoms with Crippen LogP contribution in [0.25, 0.3) is 21.8 Å². The molecule has 2 aromatic carbocycles. The molecular weight excluding hydrogens is 386 g/mol. The maximum Gasteiger partial charge on any atom is 0.163 e. The van der Waals surface area contributed by atoms with Crippen LogP contribution < -0.4 is 14.4 Å². The van der Waals surface area contributed by atoms with Crippen LogP contribution in [0.1, 0.15) is 19.4 Å². The average Bonchev–Trinajstić information content (AvgIpc) is 3.14. The maximum atomic E-state index is 6.47. The summed E-state index contributed by atoms with van der Waals surface area (Å²) in [5, 5.41) is 2.61. The van der Waals surface area contributed by atoms with Crippen molar-refractivity contribution in [1.29, 1.82) is 0 Å². The van der Waals surface area contributed by atoms with E-state index in [1.807, 2.05) is 42.5 Å². The minimum atomic E-state index is 0.468. The molecule has 1 N–H and O–H groups in total. The highest BCUT2D eigenvalue weighted by molar-refractivity contribution is 6.36. The number of fused-ring (bicyclic) bond motifs is 3. The summed E-state index contributed by atoms with van der Waals surface area (Å²) >= 11 is 6.47. The van der Waals surface area contributed by atoms with Crippen LogP contribution in [0.2, 0.25) is 5.02 Å². The van der Waals surface area contributed by atoms with Gasteiger partial charge in [-0.15, -0.1) is 0 Å². The summed E-state index contributed by atoms with van der Waals surface area (Å²) in [7, 11) is 1.65. The van der Waals surface area contributed by atoms with Gasteiger partial charge in [0.1, 0.15) is 12.4 Å². The van der Waals surface area contributed by atoms with Crippen LogP contribution in [0, 0.1) is 0 Å². The van der Waals surface area contributed by atoms with Gasteiger partial charge in [-0.05, 0) is 25.5 Å². The Morgan fingerprint density at radius 3 is 2.52 bits per heavy atom. The molecule has 0 saturated carbocycles. The second kappa shape index (κ2) is 8.21. The first kappa shape index (κ1) is 19.4. The molecule has 150 valence electrons. The van der Waals surface area contributed by atoms with Crippen molar-refractivity contribution in [3.8, 4) is 11.5 Å². The van der Waals surface area contributed by atoms with Crippen LogP contribution in [-0.4, -0.2) is 30.2 Å². The van der Waals surface area contributed by atoms with E-state index in [1.165, 1.54) is 0 Å². The topological polar surface area (TPSA) is 50.4 Å². The monoisotopic (exact) mass is 409 g/mol. The first-order valence-corrected chi connectivity index (χ1v) is 10.1. The predicted octanol–water partition coefficient (Wildman–Crippen LogP) is 5.80. The predicted molar refractivity (Wildman–Crippen MR) is 119 cm³/mol. The van der Waals surface area contributed by atoms with Gasteiger partial charge in [0.05, 0.1) is 34.7 Å². The molecule has 29 heavy (non-hydrogen) atoms. The molecule has 6 heteroatoms. The summed E-state index contributed by atoms with van der Waals surface area (Å²) in [5.41, 5.74) is 2.91. The van der Waals surface area contributed by atoms with Gasteiger partial charge in [0.2, 0.25) is 0 Å². The van der Waals surface area contributed by atoms with E-state index in [1.54, 1.807) is 13.3 Å². The number of pyridine rings is 1. The van der Waals surface area contributed by atoms with E-state index in [9.17, 15) is 0 Å². The van der Waals surface area contributed by atoms with Gasteiger partial charge in [-0.2, -0.15) is 0 Å². The van der Waals surface area contributed by atoms with E-state index in [-0.39, 0.29) is 0 Å². The number of aromatic nitrogens is 2. The van der Waals surface area contributed by atoms with E-state index in [0.29, 0.717) is 23.1 Å². The summed E-state index contributed by atoms with van der Waals surface area (Å²) in [6.07, 6.45) is 1.71. The summed E-state index contributed by atoms with van der Waals surface area (Å²) < 4.78 is 11.7. The molecule has 0 aliphatic carbocycles.